The van der Waals surface area contributed by atoms with E-state index in [0.717, 1.165) is 54.8 Å². The number of carbonyl (C=O) groups excluding carboxylic acids is 1. The summed E-state index contributed by atoms with van der Waals surface area (Å²) < 4.78 is 69.2. The minimum absolute atomic E-state index is 0.0239. The molecule has 3 saturated carbocycles. The molecule has 0 spiro atoms. The first-order valence-electron chi connectivity index (χ1n) is 16.7. The normalized spacial score (nSPS) is 32.9. The first-order valence-corrected chi connectivity index (χ1v) is 16.7. The molecule has 4 aliphatic carbocycles. The van der Waals surface area contributed by atoms with Crippen molar-refractivity contribution in [1.82, 2.24) is 0 Å². The molecule has 0 aliphatic heterocycles. The number of carboxylic acid groups (broad SMARTS) is 2. The van der Waals surface area contributed by atoms with Crippen LogP contribution in [0.3, 0.4) is 0 Å². The van der Waals surface area contributed by atoms with Crippen LogP contribution in [-0.4, -0.2) is 52.6 Å². The number of rotatable bonds is 7. The van der Waals surface area contributed by atoms with Crippen molar-refractivity contribution >= 4 is 17.9 Å². The smallest absolute Gasteiger partial charge is 0.475 e. The number of nitrogens with two attached hydrogens (primary N) is 1. The van der Waals surface area contributed by atoms with Crippen molar-refractivity contribution in [1.29, 1.82) is 0 Å². The fourth-order valence-corrected chi connectivity index (χ4v) is 9.02. The molecule has 0 aromatic rings. The molecule has 3 fully saturated rings. The van der Waals surface area contributed by atoms with Crippen molar-refractivity contribution in [3.8, 4) is 0 Å². The molecule has 0 bridgehead atoms. The maximum atomic E-state index is 12.1. The lowest BCUT2D eigenvalue weighted by Crippen LogP contribution is -2.51. The number of halogens is 6. The summed E-state index contributed by atoms with van der Waals surface area (Å²) in [6, 6.07) is -0.526. The van der Waals surface area contributed by atoms with E-state index < -0.39 is 30.3 Å². The van der Waals surface area contributed by atoms with Gasteiger partial charge in [-0.3, -0.25) is 4.79 Å². The quantitative estimate of drug-likeness (QED) is 0.139. The van der Waals surface area contributed by atoms with Crippen molar-refractivity contribution in [3.63, 3.8) is 0 Å². The average Bonchev–Trinajstić information content (AvgIpc) is 3.30. The van der Waals surface area contributed by atoms with Crippen LogP contribution in [0.25, 0.3) is 0 Å². The first kappa shape index (κ1) is 40.9. The highest BCUT2D eigenvalue weighted by atomic mass is 19.4. The summed E-state index contributed by atoms with van der Waals surface area (Å²) in [7, 11) is 0. The molecule has 47 heavy (non-hydrogen) atoms. The van der Waals surface area contributed by atoms with Gasteiger partial charge in [0.2, 0.25) is 0 Å². The Morgan fingerprint density at radius 3 is 1.94 bits per heavy atom. The Hall–Kier alpha value is -2.31. The van der Waals surface area contributed by atoms with Crippen LogP contribution in [0.15, 0.2) is 11.6 Å². The van der Waals surface area contributed by atoms with Crippen molar-refractivity contribution in [3.05, 3.63) is 11.6 Å². The SMILES string of the molecule is CC(C)CCC[C@@H](C)[C@H]1CCC2C3CC=C4CC(OC(=O)[C@H](C)N)CC[C@]4(C)C3CC[C@@]21C.O=C(O)C(F)(F)F.O=C(O)C(F)(F)F. The number of carbonyl (C=O) groups is 3. The zero-order chi connectivity index (χ0) is 36.1. The van der Waals surface area contributed by atoms with Gasteiger partial charge < -0.3 is 20.7 Å². The molecular formula is C34H53F6NO6. The van der Waals surface area contributed by atoms with Gasteiger partial charge in [-0.1, -0.05) is 65.5 Å². The highest BCUT2D eigenvalue weighted by Gasteiger charge is 2.59. The lowest BCUT2D eigenvalue weighted by molar-refractivity contribution is -0.193. The van der Waals surface area contributed by atoms with Gasteiger partial charge in [0.25, 0.3) is 0 Å². The predicted octanol–water partition coefficient (Wildman–Crippen LogP) is 8.55. The van der Waals surface area contributed by atoms with E-state index in [1.165, 1.54) is 51.4 Å². The topological polar surface area (TPSA) is 127 Å². The fourth-order valence-electron chi connectivity index (χ4n) is 9.02. The third-order valence-corrected chi connectivity index (χ3v) is 11.4. The molecule has 4 unspecified atom stereocenters. The van der Waals surface area contributed by atoms with Crippen LogP contribution in [0, 0.1) is 46.3 Å². The Morgan fingerprint density at radius 1 is 0.894 bits per heavy atom. The van der Waals surface area contributed by atoms with E-state index in [1.807, 2.05) is 0 Å². The van der Waals surface area contributed by atoms with Gasteiger partial charge in [0.1, 0.15) is 12.1 Å². The number of esters is 1. The third-order valence-electron chi connectivity index (χ3n) is 11.4. The van der Waals surface area contributed by atoms with Crippen LogP contribution in [0.1, 0.15) is 112 Å². The minimum atomic E-state index is -5.08. The monoisotopic (exact) mass is 685 g/mol. The lowest BCUT2D eigenvalue weighted by atomic mass is 9.47. The minimum Gasteiger partial charge on any atom is -0.475 e. The van der Waals surface area contributed by atoms with Gasteiger partial charge in [-0.05, 0) is 98.2 Å². The van der Waals surface area contributed by atoms with Crippen LogP contribution < -0.4 is 5.73 Å². The lowest BCUT2D eigenvalue weighted by Gasteiger charge is -2.58. The van der Waals surface area contributed by atoms with Crippen LogP contribution in [-0.2, 0) is 19.1 Å². The summed E-state index contributed by atoms with van der Waals surface area (Å²) in [6.45, 7) is 14.2. The van der Waals surface area contributed by atoms with Gasteiger partial charge >= 0.3 is 30.3 Å². The van der Waals surface area contributed by atoms with Gasteiger partial charge in [0.05, 0.1) is 0 Å². The maximum absolute atomic E-state index is 12.1. The predicted molar refractivity (Wildman–Crippen MR) is 164 cm³/mol. The largest absolute Gasteiger partial charge is 0.490 e. The van der Waals surface area contributed by atoms with Crippen molar-refractivity contribution in [2.45, 2.75) is 137 Å². The van der Waals surface area contributed by atoms with Crippen molar-refractivity contribution < 1.29 is 55.7 Å². The molecule has 0 aromatic carbocycles. The molecule has 13 heteroatoms. The zero-order valence-electron chi connectivity index (χ0n) is 28.3. The molecule has 4 rings (SSSR count). The number of fused-ring (bicyclic) bond motifs is 5. The van der Waals surface area contributed by atoms with Crippen LogP contribution in [0.5, 0.6) is 0 Å². The molecule has 0 aromatic heterocycles. The molecule has 0 amide bonds. The summed E-state index contributed by atoms with van der Waals surface area (Å²) >= 11 is 0. The van der Waals surface area contributed by atoms with E-state index in [9.17, 15) is 31.1 Å². The average molecular weight is 686 g/mol. The molecule has 9 atom stereocenters. The second-order valence-electron chi connectivity index (χ2n) is 15.0. The van der Waals surface area contributed by atoms with Gasteiger partial charge in [-0.25, -0.2) is 9.59 Å². The molecule has 0 radical (unpaired) electrons. The second kappa shape index (κ2) is 15.9. The molecule has 272 valence electrons. The summed E-state index contributed by atoms with van der Waals surface area (Å²) in [4.78, 5) is 29.8. The second-order valence-corrected chi connectivity index (χ2v) is 15.0. The molecular weight excluding hydrogens is 632 g/mol. The Kier molecular flexibility index (Phi) is 13.9. The third kappa shape index (κ3) is 10.3. The Bertz CT molecular complexity index is 1100. The number of alkyl halides is 6. The van der Waals surface area contributed by atoms with Crippen molar-refractivity contribution in [2.75, 3.05) is 0 Å². The van der Waals surface area contributed by atoms with Crippen LogP contribution in [0.4, 0.5) is 26.3 Å². The highest BCUT2D eigenvalue weighted by Crippen LogP contribution is 2.67. The number of aliphatic carboxylic acids is 2. The number of carboxylic acids is 2. The standard InChI is InChI=1S/C30H51NO2.2C2HF3O2/c1-19(2)8-7-9-20(3)25-12-13-26-24-11-10-22-18-23(33-28(32)21(4)31)14-16-29(22,5)27(24)15-17-30(25,26)6;2*3-2(4,5)1(6)7/h10,19-21,23-27H,7-9,11-18,31H2,1-6H3;2*(H,6,7)/t20-,21+,23?,24?,25-,26?,27?,29+,30-;;/m1../s1. The summed E-state index contributed by atoms with van der Waals surface area (Å²) in [6.07, 6.45) is 6.69. The highest BCUT2D eigenvalue weighted by molar-refractivity contribution is 5.75. The van der Waals surface area contributed by atoms with Gasteiger partial charge in [0, 0.05) is 6.42 Å². The number of hydrogen-bond donors (Lipinski definition) is 3. The van der Waals surface area contributed by atoms with E-state index in [1.54, 1.807) is 12.5 Å². The fraction of sp³-hybridized carbons (Fsp3) is 0.853. The molecule has 7 nitrogen and oxygen atoms in total. The van der Waals surface area contributed by atoms with E-state index in [0.29, 0.717) is 10.8 Å². The van der Waals surface area contributed by atoms with Crippen molar-refractivity contribution in [2.24, 2.45) is 52.1 Å². The van der Waals surface area contributed by atoms with E-state index >= 15 is 0 Å². The Balaban J connectivity index is 0.000000459. The van der Waals surface area contributed by atoms with E-state index in [-0.39, 0.29) is 12.1 Å². The van der Waals surface area contributed by atoms with Gasteiger partial charge in [-0.15, -0.1) is 0 Å². The first-order chi connectivity index (χ1) is 21.4. The summed E-state index contributed by atoms with van der Waals surface area (Å²) in [5.74, 6) is -0.564. The molecule has 0 heterocycles. The molecule has 0 saturated heterocycles. The summed E-state index contributed by atoms with van der Waals surface area (Å²) in [5, 5.41) is 14.2. The van der Waals surface area contributed by atoms with Gasteiger partial charge in [-0.2, -0.15) is 26.3 Å². The zero-order valence-corrected chi connectivity index (χ0v) is 28.3. The number of hydrogen-bond acceptors (Lipinski definition) is 5. The van der Waals surface area contributed by atoms with Gasteiger partial charge in [0.15, 0.2) is 0 Å². The van der Waals surface area contributed by atoms with E-state index in [2.05, 4.69) is 40.7 Å². The summed E-state index contributed by atoms with van der Waals surface area (Å²) in [5.41, 5.74) is 8.18. The van der Waals surface area contributed by atoms with E-state index in [4.69, 9.17) is 30.3 Å². The number of ether oxygens (including phenoxy) is 1. The van der Waals surface area contributed by atoms with Crippen LogP contribution >= 0.6 is 0 Å². The molecule has 4 N–H and O–H groups in total. The number of allylic oxidation sites excluding steroid dienone is 1. The Labute approximate surface area is 274 Å². The maximum Gasteiger partial charge on any atom is 0.490 e. The Morgan fingerprint density at radius 2 is 1.45 bits per heavy atom. The molecule has 4 aliphatic rings. The van der Waals surface area contributed by atoms with Crippen LogP contribution in [0.2, 0.25) is 0 Å².